The maximum Gasteiger partial charge on any atom is 0.337 e. The molecule has 24 heavy (non-hydrogen) atoms. The lowest BCUT2D eigenvalue weighted by atomic mass is 9.99. The van der Waals surface area contributed by atoms with Crippen molar-refractivity contribution in [1.29, 1.82) is 0 Å². The summed E-state index contributed by atoms with van der Waals surface area (Å²) in [6.07, 6.45) is 0.718. The number of benzene rings is 1. The molecule has 0 bridgehead atoms. The van der Waals surface area contributed by atoms with Crippen LogP contribution in [0.5, 0.6) is 5.75 Å². The fourth-order valence-electron chi connectivity index (χ4n) is 1.97. The summed E-state index contributed by atoms with van der Waals surface area (Å²) >= 11 is 0. The Morgan fingerprint density at radius 1 is 1.08 bits per heavy atom. The van der Waals surface area contributed by atoms with Gasteiger partial charge >= 0.3 is 11.9 Å². The maximum absolute atomic E-state index is 12.0. The van der Waals surface area contributed by atoms with E-state index in [0.717, 1.165) is 6.42 Å². The molecule has 1 aromatic rings. The standard InChI is InChI=1S/C17H23NO6/c1-5-11(2)15(17(21)23-4)18-14(19)10-24-13-8-6-12(7-9-13)16(20)22-3/h6-9,11,15H,5,10H2,1-4H3,(H,18,19)/t11-,15+/m1/s1. The number of amides is 1. The number of esters is 2. The molecule has 0 saturated carbocycles. The second-order valence-electron chi connectivity index (χ2n) is 5.26. The van der Waals surface area contributed by atoms with E-state index in [1.54, 1.807) is 12.1 Å². The Balaban J connectivity index is 2.58. The molecule has 1 amide bonds. The van der Waals surface area contributed by atoms with Gasteiger partial charge in [0, 0.05) is 0 Å². The first kappa shape index (κ1) is 19.5. The van der Waals surface area contributed by atoms with Crippen LogP contribution in [0.15, 0.2) is 24.3 Å². The number of carbonyl (C=O) groups is 3. The van der Waals surface area contributed by atoms with Gasteiger partial charge in [-0.05, 0) is 30.2 Å². The van der Waals surface area contributed by atoms with Crippen molar-refractivity contribution >= 4 is 17.8 Å². The van der Waals surface area contributed by atoms with Crippen LogP contribution in [0.3, 0.4) is 0 Å². The summed E-state index contributed by atoms with van der Waals surface area (Å²) in [4.78, 5) is 35.0. The number of methoxy groups -OCH3 is 2. The van der Waals surface area contributed by atoms with Crippen molar-refractivity contribution in [2.45, 2.75) is 26.3 Å². The number of rotatable bonds is 8. The lowest BCUT2D eigenvalue weighted by molar-refractivity contribution is -0.146. The van der Waals surface area contributed by atoms with Crippen LogP contribution in [0.2, 0.25) is 0 Å². The molecule has 0 saturated heterocycles. The molecule has 0 heterocycles. The Hall–Kier alpha value is -2.57. The van der Waals surface area contributed by atoms with Gasteiger partial charge in [-0.1, -0.05) is 20.3 Å². The summed E-state index contributed by atoms with van der Waals surface area (Å²) in [5, 5.41) is 2.61. The van der Waals surface area contributed by atoms with E-state index in [9.17, 15) is 14.4 Å². The minimum Gasteiger partial charge on any atom is -0.484 e. The minimum absolute atomic E-state index is 0.0549. The van der Waals surface area contributed by atoms with Gasteiger partial charge in [0.05, 0.1) is 19.8 Å². The van der Waals surface area contributed by atoms with Gasteiger partial charge in [0.25, 0.3) is 5.91 Å². The Morgan fingerprint density at radius 2 is 1.71 bits per heavy atom. The predicted molar refractivity (Wildman–Crippen MR) is 86.7 cm³/mol. The van der Waals surface area contributed by atoms with Crippen LogP contribution in [-0.2, 0) is 19.1 Å². The Bertz CT molecular complexity index is 569. The smallest absolute Gasteiger partial charge is 0.337 e. The maximum atomic E-state index is 12.0. The van der Waals surface area contributed by atoms with E-state index in [1.165, 1.54) is 26.4 Å². The first-order valence-electron chi connectivity index (χ1n) is 7.61. The molecular formula is C17H23NO6. The van der Waals surface area contributed by atoms with E-state index in [4.69, 9.17) is 9.47 Å². The molecule has 0 aliphatic carbocycles. The largest absolute Gasteiger partial charge is 0.484 e. The average molecular weight is 337 g/mol. The van der Waals surface area contributed by atoms with E-state index in [2.05, 4.69) is 10.1 Å². The molecule has 1 rings (SSSR count). The van der Waals surface area contributed by atoms with Gasteiger partial charge in [-0.3, -0.25) is 4.79 Å². The highest BCUT2D eigenvalue weighted by atomic mass is 16.5. The van der Waals surface area contributed by atoms with Crippen LogP contribution in [0.1, 0.15) is 30.6 Å². The summed E-state index contributed by atoms with van der Waals surface area (Å²) in [6.45, 7) is 3.53. The average Bonchev–Trinajstić information content (AvgIpc) is 2.62. The summed E-state index contributed by atoms with van der Waals surface area (Å²) in [5.41, 5.74) is 0.386. The van der Waals surface area contributed by atoms with Crippen LogP contribution >= 0.6 is 0 Å². The normalized spacial score (nSPS) is 12.7. The van der Waals surface area contributed by atoms with Crippen LogP contribution in [0.25, 0.3) is 0 Å². The van der Waals surface area contributed by atoms with Crippen molar-refractivity contribution in [1.82, 2.24) is 5.32 Å². The molecule has 2 atom stereocenters. The van der Waals surface area contributed by atoms with E-state index < -0.39 is 23.9 Å². The second kappa shape index (κ2) is 9.54. The summed E-state index contributed by atoms with van der Waals surface area (Å²) in [7, 11) is 2.58. The molecule has 7 nitrogen and oxygen atoms in total. The first-order valence-corrected chi connectivity index (χ1v) is 7.61. The molecule has 0 aromatic heterocycles. The first-order chi connectivity index (χ1) is 11.4. The van der Waals surface area contributed by atoms with Crippen molar-refractivity contribution < 1.29 is 28.6 Å². The highest BCUT2D eigenvalue weighted by molar-refractivity contribution is 5.89. The van der Waals surface area contributed by atoms with Gasteiger partial charge in [-0.15, -0.1) is 0 Å². The molecule has 0 aliphatic heterocycles. The van der Waals surface area contributed by atoms with Crippen molar-refractivity contribution in [2.24, 2.45) is 5.92 Å². The third-order valence-corrected chi connectivity index (χ3v) is 3.63. The summed E-state index contributed by atoms with van der Waals surface area (Å²) < 4.78 is 14.7. The van der Waals surface area contributed by atoms with E-state index in [1.807, 2.05) is 13.8 Å². The Kier molecular flexibility index (Phi) is 7.74. The fraction of sp³-hybridized carbons (Fsp3) is 0.471. The Labute approximate surface area is 141 Å². The lowest BCUT2D eigenvalue weighted by Crippen LogP contribution is -2.47. The monoisotopic (exact) mass is 337 g/mol. The minimum atomic E-state index is -0.710. The zero-order valence-electron chi connectivity index (χ0n) is 14.3. The van der Waals surface area contributed by atoms with Crippen LogP contribution in [0, 0.1) is 5.92 Å². The van der Waals surface area contributed by atoms with Crippen molar-refractivity contribution in [3.8, 4) is 5.75 Å². The predicted octanol–water partition coefficient (Wildman–Crippen LogP) is 1.56. The summed E-state index contributed by atoms with van der Waals surface area (Å²) in [6, 6.07) is 5.49. The van der Waals surface area contributed by atoms with Crippen molar-refractivity contribution in [3.05, 3.63) is 29.8 Å². The van der Waals surface area contributed by atoms with Crippen LogP contribution in [0.4, 0.5) is 0 Å². The highest BCUT2D eigenvalue weighted by Gasteiger charge is 2.26. The molecule has 7 heteroatoms. The van der Waals surface area contributed by atoms with E-state index in [0.29, 0.717) is 11.3 Å². The van der Waals surface area contributed by atoms with Gasteiger partial charge in [-0.25, -0.2) is 9.59 Å². The third kappa shape index (κ3) is 5.57. The number of nitrogens with one attached hydrogen (secondary N) is 1. The third-order valence-electron chi connectivity index (χ3n) is 3.63. The second-order valence-corrected chi connectivity index (χ2v) is 5.26. The molecular weight excluding hydrogens is 314 g/mol. The molecule has 0 unspecified atom stereocenters. The van der Waals surface area contributed by atoms with Gasteiger partial charge in [-0.2, -0.15) is 0 Å². The highest BCUT2D eigenvalue weighted by Crippen LogP contribution is 2.13. The molecule has 1 aromatic carbocycles. The molecule has 1 N–H and O–H groups in total. The van der Waals surface area contributed by atoms with Crippen molar-refractivity contribution in [2.75, 3.05) is 20.8 Å². The van der Waals surface area contributed by atoms with Gasteiger partial charge < -0.3 is 19.5 Å². The van der Waals surface area contributed by atoms with Crippen molar-refractivity contribution in [3.63, 3.8) is 0 Å². The zero-order valence-corrected chi connectivity index (χ0v) is 14.3. The van der Waals surface area contributed by atoms with Gasteiger partial charge in [0.1, 0.15) is 11.8 Å². The fourth-order valence-corrected chi connectivity index (χ4v) is 1.97. The van der Waals surface area contributed by atoms with E-state index >= 15 is 0 Å². The quantitative estimate of drug-likeness (QED) is 0.724. The van der Waals surface area contributed by atoms with Crippen LogP contribution < -0.4 is 10.1 Å². The molecule has 0 radical (unpaired) electrons. The number of carbonyl (C=O) groups excluding carboxylic acids is 3. The number of hydrogen-bond acceptors (Lipinski definition) is 6. The zero-order chi connectivity index (χ0) is 18.1. The molecule has 0 spiro atoms. The van der Waals surface area contributed by atoms with Gasteiger partial charge in [0.15, 0.2) is 6.61 Å². The lowest BCUT2D eigenvalue weighted by Gasteiger charge is -2.21. The molecule has 132 valence electrons. The summed E-state index contributed by atoms with van der Waals surface area (Å²) in [5.74, 6) is -0.992. The molecule has 0 fully saturated rings. The topological polar surface area (TPSA) is 90.9 Å². The Morgan fingerprint density at radius 3 is 2.21 bits per heavy atom. The molecule has 0 aliphatic rings. The van der Waals surface area contributed by atoms with E-state index in [-0.39, 0.29) is 12.5 Å². The number of hydrogen-bond donors (Lipinski definition) is 1. The number of ether oxygens (including phenoxy) is 3. The SMILES string of the molecule is CC[C@@H](C)[C@H](NC(=O)COc1ccc(C(=O)OC)cc1)C(=O)OC. The van der Waals surface area contributed by atoms with Crippen LogP contribution in [-0.4, -0.2) is 44.7 Å². The van der Waals surface area contributed by atoms with Gasteiger partial charge in [0.2, 0.25) is 0 Å².